The second-order valence-corrected chi connectivity index (χ2v) is 4.47. The van der Waals surface area contributed by atoms with Crippen molar-refractivity contribution in [3.05, 3.63) is 29.7 Å². The summed E-state index contributed by atoms with van der Waals surface area (Å²) in [5, 5.41) is 20.8. The Morgan fingerprint density at radius 2 is 2.28 bits per heavy atom. The molecule has 1 atom stereocenters. The minimum absolute atomic E-state index is 0.0919. The normalized spacial score (nSPS) is 20.1. The molecule has 0 saturated carbocycles. The van der Waals surface area contributed by atoms with Crippen LogP contribution in [0, 0.1) is 0 Å². The highest BCUT2D eigenvalue weighted by atomic mass is 16.4. The van der Waals surface area contributed by atoms with Gasteiger partial charge in [-0.2, -0.15) is 0 Å². The van der Waals surface area contributed by atoms with Gasteiger partial charge >= 0.3 is 5.97 Å². The topological polar surface area (TPSA) is 79.5 Å². The highest BCUT2D eigenvalue weighted by molar-refractivity contribution is 5.86. The first-order chi connectivity index (χ1) is 8.77. The standard InChI is InChI=1S/C12H14N4O2/c17-12(18)9-5-3-6-10-14-15-11(16(9)10)8-4-1-2-7-13-8/h3,5-6,8,13H,1-2,4,7H2,(H,17,18). The van der Waals surface area contributed by atoms with E-state index in [1.807, 2.05) is 0 Å². The van der Waals surface area contributed by atoms with Gasteiger partial charge < -0.3 is 10.4 Å². The van der Waals surface area contributed by atoms with Gasteiger partial charge in [-0.1, -0.05) is 12.5 Å². The summed E-state index contributed by atoms with van der Waals surface area (Å²) in [4.78, 5) is 11.3. The van der Waals surface area contributed by atoms with Gasteiger partial charge in [0.2, 0.25) is 0 Å². The largest absolute Gasteiger partial charge is 0.477 e. The predicted octanol–water partition coefficient (Wildman–Crippen LogP) is 1.24. The molecule has 18 heavy (non-hydrogen) atoms. The molecule has 0 amide bonds. The summed E-state index contributed by atoms with van der Waals surface area (Å²) in [6.45, 7) is 0.939. The molecule has 2 N–H and O–H groups in total. The Labute approximate surface area is 104 Å². The van der Waals surface area contributed by atoms with Gasteiger partial charge in [0.1, 0.15) is 5.69 Å². The smallest absolute Gasteiger partial charge is 0.352 e. The van der Waals surface area contributed by atoms with Gasteiger partial charge in [0, 0.05) is 0 Å². The molecule has 0 radical (unpaired) electrons. The van der Waals surface area contributed by atoms with Crippen LogP contribution in [0.15, 0.2) is 18.2 Å². The van der Waals surface area contributed by atoms with Gasteiger partial charge in [-0.3, -0.25) is 4.40 Å². The van der Waals surface area contributed by atoms with Gasteiger partial charge in [-0.05, 0) is 31.5 Å². The molecule has 3 rings (SSSR count). The Bertz CT molecular complexity index is 587. The number of pyridine rings is 1. The van der Waals surface area contributed by atoms with E-state index in [-0.39, 0.29) is 11.7 Å². The number of hydrogen-bond donors (Lipinski definition) is 2. The average Bonchev–Trinajstić information content (AvgIpc) is 2.83. The highest BCUT2D eigenvalue weighted by Crippen LogP contribution is 2.22. The summed E-state index contributed by atoms with van der Waals surface area (Å²) >= 11 is 0. The van der Waals surface area contributed by atoms with Crippen LogP contribution in [-0.4, -0.2) is 32.2 Å². The van der Waals surface area contributed by atoms with Crippen LogP contribution in [0.5, 0.6) is 0 Å². The molecule has 1 fully saturated rings. The number of carboxylic acids is 1. The predicted molar refractivity (Wildman–Crippen MR) is 64.5 cm³/mol. The van der Waals surface area contributed by atoms with Crippen molar-refractivity contribution in [2.75, 3.05) is 6.54 Å². The molecule has 0 spiro atoms. The summed E-state index contributed by atoms with van der Waals surface area (Å²) in [6, 6.07) is 5.12. The van der Waals surface area contributed by atoms with Gasteiger partial charge in [-0.15, -0.1) is 10.2 Å². The van der Waals surface area contributed by atoms with E-state index in [4.69, 9.17) is 0 Å². The summed E-state index contributed by atoms with van der Waals surface area (Å²) in [5.74, 6) is -0.264. The summed E-state index contributed by atoms with van der Waals surface area (Å²) < 4.78 is 1.63. The lowest BCUT2D eigenvalue weighted by molar-refractivity contribution is 0.0688. The van der Waals surface area contributed by atoms with Crippen molar-refractivity contribution in [3.8, 4) is 0 Å². The van der Waals surface area contributed by atoms with Crippen LogP contribution in [-0.2, 0) is 0 Å². The van der Waals surface area contributed by atoms with Crippen molar-refractivity contribution >= 4 is 11.6 Å². The third-order valence-corrected chi connectivity index (χ3v) is 3.29. The fourth-order valence-corrected chi connectivity index (χ4v) is 2.43. The number of aromatic carboxylic acids is 1. The molecule has 0 aromatic carbocycles. The first-order valence-corrected chi connectivity index (χ1v) is 6.08. The van der Waals surface area contributed by atoms with Crippen LogP contribution in [0.25, 0.3) is 5.65 Å². The lowest BCUT2D eigenvalue weighted by atomic mass is 10.0. The molecule has 1 aliphatic heterocycles. The number of piperidine rings is 1. The zero-order valence-electron chi connectivity index (χ0n) is 9.83. The van der Waals surface area contributed by atoms with Crippen LogP contribution in [0.4, 0.5) is 0 Å². The molecule has 94 valence electrons. The number of rotatable bonds is 2. The van der Waals surface area contributed by atoms with E-state index in [0.717, 1.165) is 25.8 Å². The van der Waals surface area contributed by atoms with Crippen molar-refractivity contribution in [3.63, 3.8) is 0 Å². The van der Waals surface area contributed by atoms with Gasteiger partial charge in [-0.25, -0.2) is 4.79 Å². The summed E-state index contributed by atoms with van der Waals surface area (Å²) in [7, 11) is 0. The zero-order valence-corrected chi connectivity index (χ0v) is 9.83. The second kappa shape index (κ2) is 4.38. The van der Waals surface area contributed by atoms with Crippen LogP contribution < -0.4 is 5.32 Å². The molecule has 6 nitrogen and oxygen atoms in total. The molecule has 1 aliphatic rings. The molecule has 6 heteroatoms. The van der Waals surface area contributed by atoms with Crippen LogP contribution in [0.3, 0.4) is 0 Å². The Morgan fingerprint density at radius 3 is 3.00 bits per heavy atom. The van der Waals surface area contributed by atoms with Crippen molar-refractivity contribution in [2.24, 2.45) is 0 Å². The molecule has 0 bridgehead atoms. The van der Waals surface area contributed by atoms with Crippen LogP contribution in [0.2, 0.25) is 0 Å². The Balaban J connectivity index is 2.14. The number of nitrogens with one attached hydrogen (secondary N) is 1. The third-order valence-electron chi connectivity index (χ3n) is 3.29. The zero-order chi connectivity index (χ0) is 12.5. The average molecular weight is 246 g/mol. The minimum atomic E-state index is -0.961. The molecule has 2 aromatic heterocycles. The Morgan fingerprint density at radius 1 is 1.39 bits per heavy atom. The molecule has 1 saturated heterocycles. The summed E-state index contributed by atoms with van der Waals surface area (Å²) in [6.07, 6.45) is 3.25. The highest BCUT2D eigenvalue weighted by Gasteiger charge is 2.22. The fraction of sp³-hybridized carbons (Fsp3) is 0.417. The molecule has 2 aromatic rings. The van der Waals surface area contributed by atoms with Crippen molar-refractivity contribution in [1.29, 1.82) is 0 Å². The van der Waals surface area contributed by atoms with E-state index >= 15 is 0 Å². The summed E-state index contributed by atoms with van der Waals surface area (Å²) in [5.41, 5.74) is 0.789. The van der Waals surface area contributed by atoms with Crippen molar-refractivity contribution in [2.45, 2.75) is 25.3 Å². The van der Waals surface area contributed by atoms with Gasteiger partial charge in [0.15, 0.2) is 11.5 Å². The molecule has 0 aliphatic carbocycles. The van der Waals surface area contributed by atoms with Crippen molar-refractivity contribution < 1.29 is 9.90 Å². The number of nitrogens with zero attached hydrogens (tertiary/aromatic N) is 3. The van der Waals surface area contributed by atoms with E-state index < -0.39 is 5.97 Å². The van der Waals surface area contributed by atoms with Crippen LogP contribution in [0.1, 0.15) is 41.6 Å². The Kier molecular flexibility index (Phi) is 2.71. The van der Waals surface area contributed by atoms with E-state index in [1.54, 1.807) is 22.6 Å². The number of hydrogen-bond acceptors (Lipinski definition) is 4. The number of carboxylic acid groups (broad SMARTS) is 1. The number of aromatic nitrogens is 3. The van der Waals surface area contributed by atoms with E-state index in [0.29, 0.717) is 11.5 Å². The maximum absolute atomic E-state index is 11.3. The fourth-order valence-electron chi connectivity index (χ4n) is 2.43. The minimum Gasteiger partial charge on any atom is -0.477 e. The van der Waals surface area contributed by atoms with Gasteiger partial charge in [0.25, 0.3) is 0 Å². The maximum atomic E-state index is 11.3. The number of carbonyl (C=O) groups is 1. The Hall–Kier alpha value is -1.95. The lowest BCUT2D eigenvalue weighted by Crippen LogP contribution is -2.29. The molecule has 3 heterocycles. The SMILES string of the molecule is O=C(O)c1cccc2nnc(C3CCCCN3)n12. The number of fused-ring (bicyclic) bond motifs is 1. The first kappa shape index (κ1) is 11.2. The molecular weight excluding hydrogens is 232 g/mol. The molecule has 1 unspecified atom stereocenters. The first-order valence-electron chi connectivity index (χ1n) is 6.08. The van der Waals surface area contributed by atoms with Crippen LogP contribution >= 0.6 is 0 Å². The van der Waals surface area contributed by atoms with Crippen molar-refractivity contribution in [1.82, 2.24) is 19.9 Å². The van der Waals surface area contributed by atoms with E-state index in [2.05, 4.69) is 15.5 Å². The second-order valence-electron chi connectivity index (χ2n) is 4.47. The third kappa shape index (κ3) is 1.74. The monoisotopic (exact) mass is 246 g/mol. The maximum Gasteiger partial charge on any atom is 0.352 e. The van der Waals surface area contributed by atoms with E-state index in [9.17, 15) is 9.90 Å². The van der Waals surface area contributed by atoms with E-state index in [1.165, 1.54) is 0 Å². The lowest BCUT2D eigenvalue weighted by Gasteiger charge is -2.22. The quantitative estimate of drug-likeness (QED) is 0.833. The van der Waals surface area contributed by atoms with Gasteiger partial charge in [0.05, 0.1) is 6.04 Å². The molecular formula is C12H14N4O2.